The molecule has 0 radical (unpaired) electrons. The maximum absolute atomic E-state index is 12.8. The highest BCUT2D eigenvalue weighted by atomic mass is 16.5. The molecular formula is C18H25N3O2. The number of para-hydroxylation sites is 2. The Morgan fingerprint density at radius 3 is 2.96 bits per heavy atom. The smallest absolute Gasteiger partial charge is 0.228 e. The largest absolute Gasteiger partial charge is 0.377 e. The molecule has 0 N–H and O–H groups in total. The second-order valence-electron chi connectivity index (χ2n) is 6.34. The Labute approximate surface area is 137 Å². The summed E-state index contributed by atoms with van der Waals surface area (Å²) >= 11 is 0. The number of fused-ring (bicyclic) bond motifs is 1. The summed E-state index contributed by atoms with van der Waals surface area (Å²) in [6.07, 6.45) is 2.83. The van der Waals surface area contributed by atoms with Gasteiger partial charge in [-0.05, 0) is 31.4 Å². The molecule has 1 fully saturated rings. The lowest BCUT2D eigenvalue weighted by Crippen LogP contribution is -2.42. The highest BCUT2D eigenvalue weighted by molar-refractivity contribution is 5.79. The van der Waals surface area contributed by atoms with Crippen molar-refractivity contribution < 1.29 is 9.53 Å². The Balaban J connectivity index is 1.75. The predicted molar refractivity (Wildman–Crippen MR) is 89.9 cm³/mol. The van der Waals surface area contributed by atoms with Gasteiger partial charge in [0.15, 0.2) is 0 Å². The number of amides is 1. The molecule has 5 heteroatoms. The van der Waals surface area contributed by atoms with Gasteiger partial charge in [-0.25, -0.2) is 4.98 Å². The van der Waals surface area contributed by atoms with Gasteiger partial charge in [0.1, 0.15) is 5.82 Å². The fourth-order valence-corrected chi connectivity index (χ4v) is 3.43. The van der Waals surface area contributed by atoms with Crippen LogP contribution < -0.4 is 0 Å². The molecule has 1 saturated heterocycles. The summed E-state index contributed by atoms with van der Waals surface area (Å²) < 4.78 is 7.83. The highest BCUT2D eigenvalue weighted by Crippen LogP contribution is 2.25. The van der Waals surface area contributed by atoms with E-state index in [-0.39, 0.29) is 17.9 Å². The van der Waals surface area contributed by atoms with E-state index in [0.717, 1.165) is 42.7 Å². The van der Waals surface area contributed by atoms with Crippen LogP contribution in [0.3, 0.4) is 0 Å². The molecule has 1 aromatic carbocycles. The first kappa shape index (κ1) is 16.0. The van der Waals surface area contributed by atoms with Gasteiger partial charge in [0.25, 0.3) is 0 Å². The van der Waals surface area contributed by atoms with E-state index in [1.165, 1.54) is 0 Å². The average molecular weight is 315 g/mol. The molecule has 2 heterocycles. The quantitative estimate of drug-likeness (QED) is 0.871. The van der Waals surface area contributed by atoms with Crippen molar-refractivity contribution in [1.82, 2.24) is 14.5 Å². The predicted octanol–water partition coefficient (Wildman–Crippen LogP) is 2.74. The van der Waals surface area contributed by atoms with Gasteiger partial charge in [0, 0.05) is 20.7 Å². The van der Waals surface area contributed by atoms with Crippen LogP contribution in [0, 0.1) is 5.92 Å². The zero-order valence-corrected chi connectivity index (χ0v) is 14.2. The number of aryl methyl sites for hydroxylation is 1. The number of hydrogen-bond acceptors (Lipinski definition) is 3. The van der Waals surface area contributed by atoms with Crippen molar-refractivity contribution in [2.75, 3.05) is 13.7 Å². The topological polar surface area (TPSA) is 47.4 Å². The maximum Gasteiger partial charge on any atom is 0.228 e. The lowest BCUT2D eigenvalue weighted by atomic mass is 9.91. The van der Waals surface area contributed by atoms with Gasteiger partial charge in [0.2, 0.25) is 5.91 Å². The Bertz CT molecular complexity index is 695. The maximum atomic E-state index is 12.8. The molecular weight excluding hydrogens is 290 g/mol. The number of carbonyl (C=O) groups excluding carboxylic acids is 1. The molecule has 0 spiro atoms. The molecule has 1 aliphatic rings. The molecule has 0 unspecified atom stereocenters. The van der Waals surface area contributed by atoms with Crippen LogP contribution in [0.15, 0.2) is 24.3 Å². The van der Waals surface area contributed by atoms with Gasteiger partial charge in [-0.2, -0.15) is 0 Å². The molecule has 2 atom stereocenters. The van der Waals surface area contributed by atoms with E-state index < -0.39 is 0 Å². The Kier molecular flexibility index (Phi) is 4.66. The number of hydrogen-bond donors (Lipinski definition) is 0. The summed E-state index contributed by atoms with van der Waals surface area (Å²) in [6, 6.07) is 8.05. The number of imidazole rings is 1. The summed E-state index contributed by atoms with van der Waals surface area (Å²) in [4.78, 5) is 19.3. The van der Waals surface area contributed by atoms with Gasteiger partial charge in [-0.15, -0.1) is 0 Å². The average Bonchev–Trinajstić information content (AvgIpc) is 2.90. The first-order valence-electron chi connectivity index (χ1n) is 8.38. The third kappa shape index (κ3) is 3.11. The van der Waals surface area contributed by atoms with E-state index >= 15 is 0 Å². The summed E-state index contributed by atoms with van der Waals surface area (Å²) in [5.74, 6) is 1.06. The van der Waals surface area contributed by atoms with Crippen LogP contribution in [-0.4, -0.2) is 40.1 Å². The lowest BCUT2D eigenvalue weighted by Gasteiger charge is -2.32. The number of benzene rings is 1. The number of rotatable bonds is 4. The van der Waals surface area contributed by atoms with Crippen LogP contribution in [0.1, 0.15) is 32.0 Å². The molecule has 3 rings (SSSR count). The lowest BCUT2D eigenvalue weighted by molar-refractivity contribution is -0.144. The van der Waals surface area contributed by atoms with Crippen LogP contribution in [0.5, 0.6) is 0 Å². The third-order valence-electron chi connectivity index (χ3n) is 4.79. The van der Waals surface area contributed by atoms with Gasteiger partial charge in [-0.1, -0.05) is 19.1 Å². The van der Waals surface area contributed by atoms with Crippen molar-refractivity contribution >= 4 is 16.9 Å². The van der Waals surface area contributed by atoms with Gasteiger partial charge >= 0.3 is 0 Å². The second-order valence-corrected chi connectivity index (χ2v) is 6.34. The Hall–Kier alpha value is -1.88. The fraction of sp³-hybridized carbons (Fsp3) is 0.556. The van der Waals surface area contributed by atoms with Gasteiger partial charge in [-0.3, -0.25) is 4.79 Å². The molecule has 2 aromatic rings. The van der Waals surface area contributed by atoms with Crippen LogP contribution in [0.2, 0.25) is 0 Å². The summed E-state index contributed by atoms with van der Waals surface area (Å²) in [5, 5.41) is 0. The Morgan fingerprint density at radius 1 is 1.43 bits per heavy atom. The number of ether oxygens (including phenoxy) is 1. The number of carbonyl (C=O) groups is 1. The number of nitrogens with zero attached hydrogens (tertiary/aromatic N) is 3. The van der Waals surface area contributed by atoms with Crippen molar-refractivity contribution in [2.45, 2.75) is 38.8 Å². The third-order valence-corrected chi connectivity index (χ3v) is 4.79. The zero-order valence-electron chi connectivity index (χ0n) is 14.2. The molecule has 0 bridgehead atoms. The molecule has 124 valence electrons. The molecule has 5 nitrogen and oxygen atoms in total. The molecule has 1 amide bonds. The van der Waals surface area contributed by atoms with E-state index in [9.17, 15) is 4.79 Å². The summed E-state index contributed by atoms with van der Waals surface area (Å²) in [5.41, 5.74) is 2.06. The second kappa shape index (κ2) is 6.71. The Morgan fingerprint density at radius 2 is 2.22 bits per heavy atom. The van der Waals surface area contributed by atoms with E-state index in [1.807, 2.05) is 32.3 Å². The minimum absolute atomic E-state index is 0.0200. The molecule has 0 saturated carbocycles. The van der Waals surface area contributed by atoms with Crippen LogP contribution in [-0.2, 0) is 23.1 Å². The fourth-order valence-electron chi connectivity index (χ4n) is 3.43. The molecule has 1 aliphatic heterocycles. The van der Waals surface area contributed by atoms with Gasteiger partial charge < -0.3 is 14.2 Å². The van der Waals surface area contributed by atoms with Crippen LogP contribution >= 0.6 is 0 Å². The van der Waals surface area contributed by atoms with Crippen molar-refractivity contribution in [3.63, 3.8) is 0 Å². The minimum atomic E-state index is -0.0200. The van der Waals surface area contributed by atoms with E-state index in [0.29, 0.717) is 6.54 Å². The van der Waals surface area contributed by atoms with Gasteiger partial charge in [0.05, 0.1) is 29.6 Å². The zero-order chi connectivity index (χ0) is 16.4. The standard InChI is InChI=1S/C18H25N3O2/c1-4-16-13(8-7-11-23-16)18(22)20(2)12-17-19-14-9-5-6-10-15(14)21(17)3/h5-6,9-10,13,16H,4,7-8,11-12H2,1-3H3/t13-,16-/m1/s1. The minimum Gasteiger partial charge on any atom is -0.377 e. The van der Waals surface area contributed by atoms with Crippen molar-refractivity contribution in [2.24, 2.45) is 13.0 Å². The van der Waals surface area contributed by atoms with Crippen molar-refractivity contribution in [3.8, 4) is 0 Å². The van der Waals surface area contributed by atoms with E-state index in [2.05, 4.69) is 22.5 Å². The normalized spacial score (nSPS) is 21.5. The summed E-state index contributed by atoms with van der Waals surface area (Å²) in [7, 11) is 3.87. The SMILES string of the molecule is CC[C@H]1OCCC[C@H]1C(=O)N(C)Cc1nc2ccccc2n1C. The van der Waals surface area contributed by atoms with Crippen LogP contribution in [0.25, 0.3) is 11.0 Å². The molecule has 23 heavy (non-hydrogen) atoms. The first-order valence-corrected chi connectivity index (χ1v) is 8.38. The van der Waals surface area contributed by atoms with Crippen LogP contribution in [0.4, 0.5) is 0 Å². The highest BCUT2D eigenvalue weighted by Gasteiger charge is 2.32. The van der Waals surface area contributed by atoms with E-state index in [1.54, 1.807) is 4.90 Å². The van der Waals surface area contributed by atoms with Crippen molar-refractivity contribution in [3.05, 3.63) is 30.1 Å². The molecule has 0 aliphatic carbocycles. The van der Waals surface area contributed by atoms with Crippen molar-refractivity contribution in [1.29, 1.82) is 0 Å². The molecule has 1 aromatic heterocycles. The monoisotopic (exact) mass is 315 g/mol. The summed E-state index contributed by atoms with van der Waals surface area (Å²) in [6.45, 7) is 3.38. The number of aromatic nitrogens is 2. The first-order chi connectivity index (χ1) is 11.1. The van der Waals surface area contributed by atoms with E-state index in [4.69, 9.17) is 4.74 Å².